The van der Waals surface area contributed by atoms with E-state index in [4.69, 9.17) is 23.4 Å². The minimum Gasteiger partial charge on any atom is -0.497 e. The highest BCUT2D eigenvalue weighted by Crippen LogP contribution is 2.45. The van der Waals surface area contributed by atoms with Gasteiger partial charge in [-0.2, -0.15) is 0 Å². The van der Waals surface area contributed by atoms with Crippen LogP contribution in [0, 0.1) is 10.2 Å². The highest BCUT2D eigenvalue weighted by molar-refractivity contribution is 8.16. The molecule has 0 bridgehead atoms. The molecule has 8 heteroatoms. The Hall–Kier alpha value is -2.91. The average Bonchev–Trinajstić information content (AvgIpc) is 2.83. The van der Waals surface area contributed by atoms with E-state index in [0.717, 1.165) is 5.75 Å². The van der Waals surface area contributed by atoms with Crippen molar-refractivity contribution in [3.63, 3.8) is 0 Å². The Bertz CT molecular complexity index is 1180. The number of halogens is 1. The smallest absolute Gasteiger partial charge is 0.199 e. The largest absolute Gasteiger partial charge is 0.497 e. The quantitative estimate of drug-likeness (QED) is 0.590. The van der Waals surface area contributed by atoms with Crippen molar-refractivity contribution in [1.82, 2.24) is 0 Å². The highest BCUT2D eigenvalue weighted by Gasteiger charge is 2.17. The molecule has 34 heavy (non-hydrogen) atoms. The third-order valence-electron chi connectivity index (χ3n) is 4.94. The molecule has 0 spiro atoms. The number of hydrogen-bond donors (Lipinski definition) is 0. The highest BCUT2D eigenvalue weighted by atomic mass is 35.7. The molecule has 176 valence electrons. The second kappa shape index (κ2) is 11.5. The van der Waals surface area contributed by atoms with Crippen LogP contribution in [0.3, 0.4) is 0 Å². The fraction of sp³-hybridized carbons (Fsp3) is 0.115. The second-order valence-electron chi connectivity index (χ2n) is 7.49. The lowest BCUT2D eigenvalue weighted by atomic mass is 9.99. The summed E-state index contributed by atoms with van der Waals surface area (Å²) in [7, 11) is 0.881. The fourth-order valence-electron chi connectivity index (χ4n) is 3.26. The van der Waals surface area contributed by atoms with Gasteiger partial charge in [0, 0.05) is 22.0 Å². The molecule has 6 nitrogen and oxygen atoms in total. The summed E-state index contributed by atoms with van der Waals surface area (Å²) < 4.78 is 41.4. The molecule has 1 aliphatic heterocycles. The molecule has 2 aliphatic rings. The Labute approximate surface area is 205 Å². The van der Waals surface area contributed by atoms with Gasteiger partial charge < -0.3 is 4.74 Å². The van der Waals surface area contributed by atoms with Crippen LogP contribution in [0.5, 0.6) is 5.75 Å². The number of allylic oxidation sites excluding steroid dienone is 8. The molecule has 0 amide bonds. The van der Waals surface area contributed by atoms with E-state index in [-0.39, 0.29) is 0 Å². The number of ether oxygens (including phenoxy) is 1. The van der Waals surface area contributed by atoms with E-state index in [1.54, 1.807) is 7.11 Å². The van der Waals surface area contributed by atoms with Crippen molar-refractivity contribution in [2.75, 3.05) is 21.2 Å². The van der Waals surface area contributed by atoms with Crippen molar-refractivity contribution in [3.05, 3.63) is 113 Å². The van der Waals surface area contributed by atoms with Crippen LogP contribution in [-0.2, 0) is 0 Å². The SMILES string of the molecule is COc1ccc(C2=CC(=C3C=CC(=[N+](C)C)C=C3)C=C(c3ccccc3)S2)cc1.[O-][Cl+3]([O-])([O-])[O-]. The Morgan fingerprint density at radius 3 is 1.68 bits per heavy atom. The van der Waals surface area contributed by atoms with Crippen molar-refractivity contribution < 1.29 is 38.2 Å². The molecule has 1 heterocycles. The van der Waals surface area contributed by atoms with E-state index in [1.807, 2.05) is 23.9 Å². The van der Waals surface area contributed by atoms with E-state index < -0.39 is 10.2 Å². The van der Waals surface area contributed by atoms with Gasteiger partial charge in [-0.1, -0.05) is 54.2 Å². The number of thioether (sulfide) groups is 1. The van der Waals surface area contributed by atoms with Crippen molar-refractivity contribution in [2.45, 2.75) is 0 Å². The van der Waals surface area contributed by atoms with E-state index in [1.165, 1.54) is 37.8 Å². The van der Waals surface area contributed by atoms with Crippen LogP contribution >= 0.6 is 11.8 Å². The first-order chi connectivity index (χ1) is 16.1. The van der Waals surface area contributed by atoms with Gasteiger partial charge >= 0.3 is 0 Å². The standard InChI is InChI=1S/C26H24NOS.ClHO4/c1-27(2)23-13-9-19(10-14-23)22-17-25(20-7-5-4-6-8-20)29-26(18-22)21-11-15-24(28-3)16-12-21;2-1(3,4)5/h4-18H,1-3H3;(H,2,3,4,5)/q+1;/p-1. The van der Waals surface area contributed by atoms with Crippen LogP contribution in [0.1, 0.15) is 11.1 Å². The van der Waals surface area contributed by atoms with Gasteiger partial charge in [-0.15, -0.1) is 10.2 Å². The van der Waals surface area contributed by atoms with Crippen molar-refractivity contribution in [3.8, 4) is 5.75 Å². The molecule has 2 aromatic rings. The maximum Gasteiger partial charge on any atom is 0.199 e. The third kappa shape index (κ3) is 7.56. The average molecular weight is 498 g/mol. The molecule has 4 rings (SSSR count). The number of benzene rings is 2. The maximum absolute atomic E-state index is 8.49. The molecule has 1 aliphatic carbocycles. The van der Waals surface area contributed by atoms with Crippen LogP contribution in [0.15, 0.2) is 102 Å². The Kier molecular flexibility index (Phi) is 8.68. The summed E-state index contributed by atoms with van der Waals surface area (Å²) in [6.45, 7) is 0. The monoisotopic (exact) mass is 497 g/mol. The Morgan fingerprint density at radius 2 is 1.21 bits per heavy atom. The molecule has 2 aromatic carbocycles. The van der Waals surface area contributed by atoms with E-state index in [2.05, 4.69) is 97.6 Å². The molecule has 0 aromatic heterocycles. The fourth-order valence-corrected chi connectivity index (χ4v) is 4.38. The van der Waals surface area contributed by atoms with Gasteiger partial charge in [0.2, 0.25) is 0 Å². The van der Waals surface area contributed by atoms with Crippen LogP contribution in [0.25, 0.3) is 9.81 Å². The summed E-state index contributed by atoms with van der Waals surface area (Å²) in [5.74, 6) is 0.873. The number of methoxy groups -OCH3 is 1. The zero-order valence-electron chi connectivity index (χ0n) is 18.9. The van der Waals surface area contributed by atoms with Crippen molar-refractivity contribution >= 4 is 27.3 Å². The van der Waals surface area contributed by atoms with Crippen molar-refractivity contribution in [2.24, 2.45) is 0 Å². The lowest BCUT2D eigenvalue weighted by Crippen LogP contribution is -2.68. The van der Waals surface area contributed by atoms with Gasteiger partial charge in [0.15, 0.2) is 5.71 Å². The van der Waals surface area contributed by atoms with Crippen molar-refractivity contribution in [1.29, 1.82) is 0 Å². The maximum atomic E-state index is 8.49. The normalized spacial score (nSPS) is 15.3. The third-order valence-corrected chi connectivity index (χ3v) is 6.09. The summed E-state index contributed by atoms with van der Waals surface area (Å²) in [6.07, 6.45) is 13.3. The minimum absolute atomic E-state index is 0.873. The summed E-state index contributed by atoms with van der Waals surface area (Å²) in [6, 6.07) is 18.9. The summed E-state index contributed by atoms with van der Waals surface area (Å²) >= 11 is 1.81. The van der Waals surface area contributed by atoms with E-state index in [0.29, 0.717) is 0 Å². The molecule has 0 atom stereocenters. The van der Waals surface area contributed by atoms with Gasteiger partial charge in [-0.05, 0) is 58.7 Å². The molecule has 0 unspecified atom stereocenters. The Morgan fingerprint density at radius 1 is 0.706 bits per heavy atom. The topological polar surface area (TPSA) is 104 Å². The summed E-state index contributed by atoms with van der Waals surface area (Å²) in [4.78, 5) is 2.49. The Balaban J connectivity index is 0.000000588. The van der Waals surface area contributed by atoms with E-state index >= 15 is 0 Å². The lowest BCUT2D eigenvalue weighted by molar-refractivity contribution is -2.00. The molecular weight excluding hydrogens is 474 g/mol. The zero-order chi connectivity index (χ0) is 24.7. The lowest BCUT2D eigenvalue weighted by Gasteiger charge is -2.19. The molecular formula is C26H24ClNO5S. The van der Waals surface area contributed by atoms with Gasteiger partial charge in [-0.3, -0.25) is 0 Å². The van der Waals surface area contributed by atoms with Crippen LogP contribution in [0.4, 0.5) is 0 Å². The minimum atomic E-state index is -4.94. The van der Waals surface area contributed by atoms with Gasteiger partial charge in [0.1, 0.15) is 19.8 Å². The first-order valence-electron chi connectivity index (χ1n) is 10.2. The summed E-state index contributed by atoms with van der Waals surface area (Å²) in [5.41, 5.74) is 6.07. The predicted octanol–water partition coefficient (Wildman–Crippen LogP) is 1.20. The first-order valence-corrected chi connectivity index (χ1v) is 12.3. The predicted molar refractivity (Wildman–Crippen MR) is 125 cm³/mol. The van der Waals surface area contributed by atoms with Gasteiger partial charge in [0.05, 0.1) is 7.11 Å². The molecule has 0 saturated heterocycles. The number of nitrogens with zero attached hydrogens (tertiary/aromatic N) is 1. The first kappa shape index (κ1) is 25.7. The molecule has 0 saturated carbocycles. The number of hydrogen-bond acceptors (Lipinski definition) is 6. The van der Waals surface area contributed by atoms with E-state index in [9.17, 15) is 0 Å². The summed E-state index contributed by atoms with van der Waals surface area (Å²) in [5, 5.41) is 0. The number of rotatable bonds is 3. The second-order valence-corrected chi connectivity index (χ2v) is 9.33. The molecule has 0 fully saturated rings. The zero-order valence-corrected chi connectivity index (χ0v) is 20.5. The molecule has 0 N–H and O–H groups in total. The van der Waals surface area contributed by atoms with Gasteiger partial charge in [0.25, 0.3) is 0 Å². The van der Waals surface area contributed by atoms with Gasteiger partial charge in [-0.25, -0.2) is 23.2 Å². The van der Waals surface area contributed by atoms with Crippen LogP contribution in [-0.4, -0.2) is 31.5 Å². The van der Waals surface area contributed by atoms with Crippen LogP contribution < -0.4 is 23.4 Å². The van der Waals surface area contributed by atoms with Crippen LogP contribution in [0.2, 0.25) is 0 Å². The molecule has 0 radical (unpaired) electrons.